The number of hydrogen-bond acceptors (Lipinski definition) is 4. The van der Waals surface area contributed by atoms with Gasteiger partial charge in [0.1, 0.15) is 6.04 Å². The molecule has 6 heteroatoms. The Hall–Kier alpha value is -1.43. The third-order valence-electron chi connectivity index (χ3n) is 3.03. The number of carbonyl (C=O) groups is 1. The summed E-state index contributed by atoms with van der Waals surface area (Å²) < 4.78 is 1.53. The fourth-order valence-electron chi connectivity index (χ4n) is 1.67. The number of nitrogens with one attached hydrogen (secondary N) is 1. The molecule has 6 nitrogen and oxygen atoms in total. The first kappa shape index (κ1) is 14.6. The number of amides is 1. The van der Waals surface area contributed by atoms with E-state index in [-0.39, 0.29) is 24.6 Å². The van der Waals surface area contributed by atoms with Gasteiger partial charge in [-0.2, -0.15) is 0 Å². The summed E-state index contributed by atoms with van der Waals surface area (Å²) in [4.78, 5) is 12.0. The first-order valence-electron chi connectivity index (χ1n) is 6.44. The van der Waals surface area contributed by atoms with Crippen molar-refractivity contribution >= 4 is 5.91 Å². The van der Waals surface area contributed by atoms with Crippen LogP contribution in [0.1, 0.15) is 45.3 Å². The topological polar surface area (TPSA) is 80.0 Å². The van der Waals surface area contributed by atoms with Gasteiger partial charge < -0.3 is 10.4 Å². The Bertz CT molecular complexity index is 374. The third-order valence-corrected chi connectivity index (χ3v) is 3.03. The molecule has 18 heavy (non-hydrogen) atoms. The van der Waals surface area contributed by atoms with E-state index < -0.39 is 0 Å². The van der Waals surface area contributed by atoms with Crippen molar-refractivity contribution in [1.29, 1.82) is 0 Å². The van der Waals surface area contributed by atoms with Gasteiger partial charge in [-0.15, -0.1) is 5.10 Å². The van der Waals surface area contributed by atoms with Crippen molar-refractivity contribution in [2.24, 2.45) is 0 Å². The Morgan fingerprint density at radius 2 is 2.17 bits per heavy atom. The van der Waals surface area contributed by atoms with E-state index in [9.17, 15) is 4.79 Å². The number of rotatable bonds is 7. The first-order chi connectivity index (χ1) is 8.62. The molecule has 102 valence electrons. The van der Waals surface area contributed by atoms with Crippen LogP contribution >= 0.6 is 0 Å². The number of aromatic nitrogens is 3. The standard InChI is InChI=1S/C12H22N4O2/c1-4-10(5-2)13-12(18)9(3)16-8-11(6-7-17)14-15-16/h8-10,17H,4-7H2,1-3H3,(H,13,18). The summed E-state index contributed by atoms with van der Waals surface area (Å²) in [6, 6.07) is -0.175. The van der Waals surface area contributed by atoms with Gasteiger partial charge in [-0.25, -0.2) is 4.68 Å². The normalized spacial score (nSPS) is 12.7. The second kappa shape index (κ2) is 7.10. The van der Waals surface area contributed by atoms with Crippen LogP contribution in [-0.4, -0.2) is 38.7 Å². The predicted molar refractivity (Wildman–Crippen MR) is 68.0 cm³/mol. The average Bonchev–Trinajstić information content (AvgIpc) is 2.83. The zero-order valence-electron chi connectivity index (χ0n) is 11.3. The summed E-state index contributed by atoms with van der Waals surface area (Å²) in [5.41, 5.74) is 0.694. The van der Waals surface area contributed by atoms with E-state index in [1.807, 2.05) is 13.8 Å². The molecule has 0 aliphatic rings. The van der Waals surface area contributed by atoms with Crippen molar-refractivity contribution in [2.45, 2.75) is 52.1 Å². The molecule has 0 saturated carbocycles. The third kappa shape index (κ3) is 3.80. The van der Waals surface area contributed by atoms with Crippen molar-refractivity contribution < 1.29 is 9.90 Å². The lowest BCUT2D eigenvalue weighted by Gasteiger charge is -2.18. The quantitative estimate of drug-likeness (QED) is 0.750. The molecule has 0 fully saturated rings. The van der Waals surface area contributed by atoms with E-state index >= 15 is 0 Å². The highest BCUT2D eigenvalue weighted by molar-refractivity contribution is 5.80. The molecule has 0 aliphatic heterocycles. The lowest BCUT2D eigenvalue weighted by atomic mass is 10.1. The molecule has 1 unspecified atom stereocenters. The molecule has 1 rings (SSSR count). The number of nitrogens with zero attached hydrogens (tertiary/aromatic N) is 3. The minimum Gasteiger partial charge on any atom is -0.396 e. The SMILES string of the molecule is CCC(CC)NC(=O)C(C)n1cc(CCO)nn1. The number of carbonyl (C=O) groups excluding carboxylic acids is 1. The molecular weight excluding hydrogens is 232 g/mol. The largest absolute Gasteiger partial charge is 0.396 e. The minimum absolute atomic E-state index is 0.0347. The monoisotopic (exact) mass is 254 g/mol. The Kier molecular flexibility index (Phi) is 5.77. The molecule has 0 radical (unpaired) electrons. The van der Waals surface area contributed by atoms with Crippen molar-refractivity contribution in [1.82, 2.24) is 20.3 Å². The Morgan fingerprint density at radius 3 is 2.72 bits per heavy atom. The second-order valence-electron chi connectivity index (χ2n) is 4.36. The fourth-order valence-corrected chi connectivity index (χ4v) is 1.67. The number of aliphatic hydroxyl groups is 1. The lowest BCUT2D eigenvalue weighted by Crippen LogP contribution is -2.38. The average molecular weight is 254 g/mol. The molecular formula is C12H22N4O2. The molecule has 2 N–H and O–H groups in total. The van der Waals surface area contributed by atoms with Gasteiger partial charge in [-0.1, -0.05) is 19.1 Å². The zero-order chi connectivity index (χ0) is 13.5. The van der Waals surface area contributed by atoms with Gasteiger partial charge in [0.05, 0.1) is 5.69 Å². The van der Waals surface area contributed by atoms with E-state index in [0.717, 1.165) is 12.8 Å². The van der Waals surface area contributed by atoms with Gasteiger partial charge >= 0.3 is 0 Å². The second-order valence-corrected chi connectivity index (χ2v) is 4.36. The molecule has 0 saturated heterocycles. The summed E-state index contributed by atoms with van der Waals surface area (Å²) in [6.45, 7) is 5.92. The van der Waals surface area contributed by atoms with Crippen LogP contribution in [0.25, 0.3) is 0 Å². The molecule has 0 bridgehead atoms. The van der Waals surface area contributed by atoms with Gasteiger partial charge in [-0.05, 0) is 19.8 Å². The Morgan fingerprint density at radius 1 is 1.50 bits per heavy atom. The van der Waals surface area contributed by atoms with Crippen LogP contribution in [0.2, 0.25) is 0 Å². The maximum absolute atomic E-state index is 12.0. The highest BCUT2D eigenvalue weighted by Crippen LogP contribution is 2.07. The molecule has 1 atom stereocenters. The fraction of sp³-hybridized carbons (Fsp3) is 0.750. The molecule has 0 aromatic carbocycles. The lowest BCUT2D eigenvalue weighted by molar-refractivity contribution is -0.124. The highest BCUT2D eigenvalue weighted by atomic mass is 16.3. The van der Waals surface area contributed by atoms with E-state index in [1.54, 1.807) is 13.1 Å². The molecule has 0 spiro atoms. The molecule has 1 heterocycles. The van der Waals surface area contributed by atoms with Crippen LogP contribution in [0.15, 0.2) is 6.20 Å². The van der Waals surface area contributed by atoms with Crippen molar-refractivity contribution in [3.8, 4) is 0 Å². The summed E-state index contributed by atoms with van der Waals surface area (Å²) in [6.07, 6.45) is 4.00. The minimum atomic E-state index is -0.384. The van der Waals surface area contributed by atoms with Crippen LogP contribution in [0.5, 0.6) is 0 Å². The molecule has 1 amide bonds. The Labute approximate surface area is 107 Å². The summed E-state index contributed by atoms with van der Waals surface area (Å²) in [7, 11) is 0. The van der Waals surface area contributed by atoms with E-state index in [1.165, 1.54) is 4.68 Å². The van der Waals surface area contributed by atoms with Gasteiger partial charge in [0.25, 0.3) is 0 Å². The molecule has 0 aliphatic carbocycles. The van der Waals surface area contributed by atoms with E-state index in [2.05, 4.69) is 15.6 Å². The number of hydrogen-bond donors (Lipinski definition) is 2. The maximum atomic E-state index is 12.0. The first-order valence-corrected chi connectivity index (χ1v) is 6.44. The van der Waals surface area contributed by atoms with Crippen LogP contribution in [0, 0.1) is 0 Å². The van der Waals surface area contributed by atoms with Crippen molar-refractivity contribution in [3.05, 3.63) is 11.9 Å². The smallest absolute Gasteiger partial charge is 0.244 e. The predicted octanol–water partition coefficient (Wildman–Crippen LogP) is 0.679. The molecule has 1 aromatic rings. The van der Waals surface area contributed by atoms with E-state index in [0.29, 0.717) is 12.1 Å². The van der Waals surface area contributed by atoms with Crippen molar-refractivity contribution in [2.75, 3.05) is 6.61 Å². The van der Waals surface area contributed by atoms with Gasteiger partial charge in [0.2, 0.25) is 5.91 Å². The van der Waals surface area contributed by atoms with Crippen LogP contribution in [-0.2, 0) is 11.2 Å². The van der Waals surface area contributed by atoms with Crippen LogP contribution in [0.4, 0.5) is 0 Å². The van der Waals surface area contributed by atoms with Gasteiger partial charge in [0, 0.05) is 25.3 Å². The van der Waals surface area contributed by atoms with Crippen LogP contribution in [0.3, 0.4) is 0 Å². The van der Waals surface area contributed by atoms with E-state index in [4.69, 9.17) is 5.11 Å². The van der Waals surface area contributed by atoms with Gasteiger partial charge in [-0.3, -0.25) is 4.79 Å². The van der Waals surface area contributed by atoms with Gasteiger partial charge in [0.15, 0.2) is 0 Å². The Balaban J connectivity index is 2.61. The van der Waals surface area contributed by atoms with Crippen LogP contribution < -0.4 is 5.32 Å². The number of aliphatic hydroxyl groups excluding tert-OH is 1. The highest BCUT2D eigenvalue weighted by Gasteiger charge is 2.18. The molecule has 1 aromatic heterocycles. The maximum Gasteiger partial charge on any atom is 0.244 e. The summed E-state index contributed by atoms with van der Waals surface area (Å²) >= 11 is 0. The van der Waals surface area contributed by atoms with Crippen molar-refractivity contribution in [3.63, 3.8) is 0 Å². The summed E-state index contributed by atoms with van der Waals surface area (Å²) in [5, 5.41) is 19.6. The summed E-state index contributed by atoms with van der Waals surface area (Å²) in [5.74, 6) is -0.0517. The zero-order valence-corrected chi connectivity index (χ0v) is 11.3.